The summed E-state index contributed by atoms with van der Waals surface area (Å²) in [5, 5.41) is 8.46. The minimum Gasteiger partial charge on any atom is -0.376 e. The summed E-state index contributed by atoms with van der Waals surface area (Å²) < 4.78 is 20.4. The van der Waals surface area contributed by atoms with Crippen LogP contribution in [0.5, 0.6) is 0 Å². The molecule has 45 heavy (non-hydrogen) atoms. The van der Waals surface area contributed by atoms with Gasteiger partial charge in [-0.15, -0.1) is 0 Å². The zero-order valence-electron chi connectivity index (χ0n) is 25.5. The van der Waals surface area contributed by atoms with Crippen molar-refractivity contribution in [2.45, 2.75) is 83.0 Å². The van der Waals surface area contributed by atoms with Crippen LogP contribution in [-0.2, 0) is 22.3 Å². The highest BCUT2D eigenvalue weighted by atomic mass is 16.5. The van der Waals surface area contributed by atoms with Crippen LogP contribution in [0.25, 0.3) is 28.3 Å². The first kappa shape index (κ1) is 29.4. The Kier molecular flexibility index (Phi) is 8.45. The molecule has 11 nitrogen and oxygen atoms in total. The number of aromatic nitrogens is 6. The highest BCUT2D eigenvalue weighted by Gasteiger charge is 2.29. The predicted octanol–water partition coefficient (Wildman–Crippen LogP) is 5.12. The van der Waals surface area contributed by atoms with Gasteiger partial charge >= 0.3 is 5.76 Å². The van der Waals surface area contributed by atoms with E-state index in [-0.39, 0.29) is 23.8 Å². The van der Waals surface area contributed by atoms with Gasteiger partial charge in [0.15, 0.2) is 5.82 Å². The van der Waals surface area contributed by atoms with Gasteiger partial charge in [-0.05, 0) is 61.6 Å². The van der Waals surface area contributed by atoms with Gasteiger partial charge in [0.2, 0.25) is 5.78 Å². The van der Waals surface area contributed by atoms with Crippen molar-refractivity contribution in [3.05, 3.63) is 92.6 Å². The van der Waals surface area contributed by atoms with Crippen LogP contribution in [0.4, 0.5) is 0 Å². The molecule has 1 atom stereocenters. The Morgan fingerprint density at radius 3 is 2.51 bits per heavy atom. The third-order valence-corrected chi connectivity index (χ3v) is 9.13. The van der Waals surface area contributed by atoms with Crippen LogP contribution >= 0.6 is 0 Å². The van der Waals surface area contributed by atoms with E-state index in [9.17, 15) is 9.59 Å². The van der Waals surface area contributed by atoms with Gasteiger partial charge in [0, 0.05) is 30.2 Å². The summed E-state index contributed by atoms with van der Waals surface area (Å²) in [4.78, 5) is 33.1. The maximum absolute atomic E-state index is 14.3. The second-order valence-corrected chi connectivity index (χ2v) is 12.1. The highest BCUT2D eigenvalue weighted by molar-refractivity contribution is 5.80. The van der Waals surface area contributed by atoms with Crippen LogP contribution in [0.2, 0.25) is 0 Å². The molecule has 1 aliphatic carbocycles. The molecule has 1 saturated carbocycles. The molecule has 2 fully saturated rings. The van der Waals surface area contributed by atoms with Gasteiger partial charge in [-0.2, -0.15) is 10.1 Å². The number of fused-ring (bicyclic) bond motifs is 1. The molecule has 4 heterocycles. The molecule has 0 bridgehead atoms. The number of rotatable bonds is 10. The lowest BCUT2D eigenvalue weighted by atomic mass is 9.92. The summed E-state index contributed by atoms with van der Waals surface area (Å²) >= 11 is 0. The Balaban J connectivity index is 1.16. The van der Waals surface area contributed by atoms with Crippen molar-refractivity contribution < 1.29 is 14.0 Å². The maximum atomic E-state index is 14.3. The summed E-state index contributed by atoms with van der Waals surface area (Å²) in [6.07, 6.45) is 9.78. The summed E-state index contributed by atoms with van der Waals surface area (Å²) in [5.41, 5.74) is 5.39. The molecule has 1 saturated heterocycles. The van der Waals surface area contributed by atoms with Crippen LogP contribution in [-0.4, -0.2) is 54.7 Å². The Bertz CT molecular complexity index is 1870. The standard InChI is InChI=1S/C34H38N6O5/c1-2-6-30-29(19-22-10-12-23(13-11-22)27-8-3-4-9-28(27)31-37-34(42)45-38-31)32(41)39(33-35-21-36-40(30)33)24-14-16-25(17-15-24)44-20-26-7-5-18-43-26/h3-4,8-13,21,24-26H,2,5-7,14-20H2,1H3,(H,37,38,42). The normalized spacial score (nSPS) is 20.2. The van der Waals surface area contributed by atoms with Crippen LogP contribution in [0.3, 0.4) is 0 Å². The monoisotopic (exact) mass is 610 g/mol. The van der Waals surface area contributed by atoms with Crippen molar-refractivity contribution in [2.24, 2.45) is 0 Å². The first-order valence-corrected chi connectivity index (χ1v) is 16.0. The van der Waals surface area contributed by atoms with Crippen LogP contribution < -0.4 is 11.3 Å². The van der Waals surface area contributed by atoms with E-state index in [1.165, 1.54) is 0 Å². The highest BCUT2D eigenvalue weighted by Crippen LogP contribution is 2.32. The van der Waals surface area contributed by atoms with Gasteiger partial charge in [-0.1, -0.05) is 67.0 Å². The fourth-order valence-corrected chi connectivity index (χ4v) is 6.86. The van der Waals surface area contributed by atoms with Gasteiger partial charge in [0.1, 0.15) is 6.33 Å². The van der Waals surface area contributed by atoms with Gasteiger partial charge < -0.3 is 9.47 Å². The van der Waals surface area contributed by atoms with Crippen molar-refractivity contribution in [1.29, 1.82) is 0 Å². The lowest BCUT2D eigenvalue weighted by molar-refractivity contribution is -0.0366. The molecule has 1 aliphatic heterocycles. The molecule has 0 amide bonds. The number of hydrogen-bond acceptors (Lipinski definition) is 8. The lowest BCUT2D eigenvalue weighted by Gasteiger charge is -2.31. The third-order valence-electron chi connectivity index (χ3n) is 9.13. The van der Waals surface area contributed by atoms with Crippen LogP contribution in [0.15, 0.2) is 69.0 Å². The molecule has 1 N–H and O–H groups in total. The van der Waals surface area contributed by atoms with Crippen molar-refractivity contribution in [1.82, 2.24) is 29.3 Å². The van der Waals surface area contributed by atoms with E-state index in [0.717, 1.165) is 91.5 Å². The maximum Gasteiger partial charge on any atom is 0.439 e. The van der Waals surface area contributed by atoms with Crippen molar-refractivity contribution >= 4 is 5.78 Å². The molecule has 0 spiro atoms. The zero-order valence-corrected chi connectivity index (χ0v) is 25.5. The number of nitrogens with zero attached hydrogens (tertiary/aromatic N) is 5. The molecule has 5 aromatic rings. The number of aryl methyl sites for hydroxylation is 1. The summed E-state index contributed by atoms with van der Waals surface area (Å²) in [6.45, 7) is 3.60. The van der Waals surface area contributed by atoms with Gasteiger partial charge in [-0.25, -0.2) is 9.31 Å². The van der Waals surface area contributed by atoms with E-state index in [2.05, 4.69) is 39.3 Å². The van der Waals surface area contributed by atoms with E-state index in [1.54, 1.807) is 6.33 Å². The van der Waals surface area contributed by atoms with Crippen molar-refractivity contribution in [3.8, 4) is 22.5 Å². The number of ether oxygens (including phenoxy) is 2. The van der Waals surface area contributed by atoms with E-state index < -0.39 is 5.76 Å². The Labute approximate surface area is 260 Å². The summed E-state index contributed by atoms with van der Waals surface area (Å²) in [7, 11) is 0. The summed E-state index contributed by atoms with van der Waals surface area (Å²) in [5.74, 6) is 0.409. The predicted molar refractivity (Wildman–Crippen MR) is 168 cm³/mol. The lowest BCUT2D eigenvalue weighted by Crippen LogP contribution is -2.35. The number of H-pyrrole nitrogens is 1. The number of hydrogen-bond donors (Lipinski definition) is 1. The minimum absolute atomic E-state index is 0.0204. The first-order chi connectivity index (χ1) is 22.1. The molecule has 1 unspecified atom stereocenters. The summed E-state index contributed by atoms with van der Waals surface area (Å²) in [6, 6.07) is 15.9. The number of benzene rings is 2. The Morgan fingerprint density at radius 2 is 1.80 bits per heavy atom. The van der Waals surface area contributed by atoms with E-state index in [1.807, 2.05) is 45.5 Å². The molecule has 2 aromatic carbocycles. The average molecular weight is 611 g/mol. The third kappa shape index (κ3) is 6.02. The molecule has 7 rings (SSSR count). The fourth-order valence-electron chi connectivity index (χ4n) is 6.86. The minimum atomic E-state index is -0.594. The Hall–Kier alpha value is -4.35. The molecular weight excluding hydrogens is 572 g/mol. The van der Waals surface area contributed by atoms with E-state index in [4.69, 9.17) is 14.0 Å². The van der Waals surface area contributed by atoms with Gasteiger partial charge in [-0.3, -0.25) is 18.9 Å². The largest absolute Gasteiger partial charge is 0.439 e. The second kappa shape index (κ2) is 12.9. The topological polar surface area (TPSA) is 130 Å². The molecule has 234 valence electrons. The Morgan fingerprint density at radius 1 is 1.00 bits per heavy atom. The number of aromatic amines is 1. The van der Waals surface area contributed by atoms with Crippen molar-refractivity contribution in [2.75, 3.05) is 13.2 Å². The first-order valence-electron chi connectivity index (χ1n) is 16.0. The number of nitrogens with one attached hydrogen (secondary N) is 1. The molecule has 0 radical (unpaired) electrons. The van der Waals surface area contributed by atoms with Crippen LogP contribution in [0, 0.1) is 0 Å². The fraction of sp³-hybridized carbons (Fsp3) is 0.441. The van der Waals surface area contributed by atoms with Crippen molar-refractivity contribution in [3.63, 3.8) is 0 Å². The molecule has 3 aromatic heterocycles. The molecular formula is C34H38N6O5. The molecule has 11 heteroatoms. The van der Waals surface area contributed by atoms with E-state index >= 15 is 0 Å². The smallest absolute Gasteiger partial charge is 0.376 e. The quantitative estimate of drug-likeness (QED) is 0.231. The van der Waals surface area contributed by atoms with Gasteiger partial charge in [0.05, 0.1) is 24.5 Å². The SMILES string of the molecule is CCCc1c(Cc2ccc(-c3ccccc3-c3noc(=O)[nH]3)cc2)c(=O)n(C2CCC(OCC3CCCO3)CC2)c2ncnn12. The van der Waals surface area contributed by atoms with E-state index in [0.29, 0.717) is 24.6 Å². The zero-order chi connectivity index (χ0) is 30.8. The molecule has 2 aliphatic rings. The van der Waals surface area contributed by atoms with Gasteiger partial charge in [0.25, 0.3) is 5.56 Å². The second-order valence-electron chi connectivity index (χ2n) is 12.1. The average Bonchev–Trinajstić information content (AvgIpc) is 3.86. The van der Waals surface area contributed by atoms with Crippen LogP contribution in [0.1, 0.15) is 74.7 Å².